The number of hydrogen-bond donors (Lipinski definition) is 1. The summed E-state index contributed by atoms with van der Waals surface area (Å²) in [6.45, 7) is -1.19. The molecule has 1 amide bonds. The summed E-state index contributed by atoms with van der Waals surface area (Å²) in [4.78, 5) is 35.2. The van der Waals surface area contributed by atoms with Gasteiger partial charge in [0.1, 0.15) is 6.54 Å². The molecular formula is C18H14F3NO4. The third-order valence-electron chi connectivity index (χ3n) is 3.31. The van der Waals surface area contributed by atoms with Crippen LogP contribution < -0.4 is 5.32 Å². The lowest BCUT2D eigenvalue weighted by Crippen LogP contribution is -2.31. The van der Waals surface area contributed by atoms with Gasteiger partial charge in [0, 0.05) is 11.1 Å². The topological polar surface area (TPSA) is 72.5 Å². The molecule has 0 aliphatic carbocycles. The van der Waals surface area contributed by atoms with Crippen molar-refractivity contribution < 1.29 is 32.3 Å². The number of ether oxygens (including phenoxy) is 1. The van der Waals surface area contributed by atoms with Gasteiger partial charge in [-0.05, 0) is 24.3 Å². The van der Waals surface area contributed by atoms with Gasteiger partial charge in [0.15, 0.2) is 12.4 Å². The Hall–Kier alpha value is -3.16. The molecule has 8 heteroatoms. The Bertz CT molecular complexity index is 804. The minimum atomic E-state index is -4.57. The summed E-state index contributed by atoms with van der Waals surface area (Å²) in [5.41, 5.74) is -0.842. The number of esters is 1. The van der Waals surface area contributed by atoms with Crippen LogP contribution in [0.15, 0.2) is 54.6 Å². The summed E-state index contributed by atoms with van der Waals surface area (Å²) in [6.07, 6.45) is -4.57. The van der Waals surface area contributed by atoms with Gasteiger partial charge in [-0.15, -0.1) is 0 Å². The van der Waals surface area contributed by atoms with Crippen LogP contribution >= 0.6 is 0 Å². The van der Waals surface area contributed by atoms with E-state index in [-0.39, 0.29) is 5.56 Å². The van der Waals surface area contributed by atoms with E-state index in [9.17, 15) is 27.6 Å². The Kier molecular flexibility index (Phi) is 6.11. The highest BCUT2D eigenvalue weighted by atomic mass is 19.4. The minimum absolute atomic E-state index is 0.221. The van der Waals surface area contributed by atoms with Crippen molar-refractivity contribution in [2.24, 2.45) is 0 Å². The van der Waals surface area contributed by atoms with Crippen molar-refractivity contribution in [2.45, 2.75) is 6.18 Å². The van der Waals surface area contributed by atoms with E-state index in [1.807, 2.05) is 0 Å². The summed E-state index contributed by atoms with van der Waals surface area (Å²) < 4.78 is 42.6. The molecule has 1 N–H and O–H groups in total. The number of alkyl halides is 3. The first kappa shape index (κ1) is 19.2. The van der Waals surface area contributed by atoms with Crippen LogP contribution in [0.2, 0.25) is 0 Å². The average Bonchev–Trinajstić information content (AvgIpc) is 2.64. The first-order chi connectivity index (χ1) is 12.3. The number of rotatable bonds is 6. The smallest absolute Gasteiger partial charge is 0.416 e. The van der Waals surface area contributed by atoms with Gasteiger partial charge in [-0.2, -0.15) is 13.2 Å². The number of amides is 1. The maximum atomic E-state index is 12.6. The summed E-state index contributed by atoms with van der Waals surface area (Å²) in [5.74, 6) is -2.15. The fourth-order valence-corrected chi connectivity index (χ4v) is 1.99. The Morgan fingerprint density at radius 3 is 2.23 bits per heavy atom. The van der Waals surface area contributed by atoms with Crippen molar-refractivity contribution in [1.29, 1.82) is 0 Å². The lowest BCUT2D eigenvalue weighted by atomic mass is 10.1. The summed E-state index contributed by atoms with van der Waals surface area (Å²) in [7, 11) is 0. The second kappa shape index (κ2) is 8.28. The molecule has 0 unspecified atom stereocenters. The summed E-state index contributed by atoms with van der Waals surface area (Å²) in [5, 5.41) is 2.32. The van der Waals surface area contributed by atoms with E-state index < -0.39 is 42.6 Å². The Labute approximate surface area is 146 Å². The van der Waals surface area contributed by atoms with Crippen LogP contribution in [-0.2, 0) is 15.7 Å². The fourth-order valence-electron chi connectivity index (χ4n) is 1.99. The van der Waals surface area contributed by atoms with Gasteiger partial charge in [-0.25, -0.2) is 0 Å². The molecule has 0 radical (unpaired) electrons. The molecule has 136 valence electrons. The molecule has 0 saturated heterocycles. The van der Waals surface area contributed by atoms with E-state index in [1.165, 1.54) is 6.07 Å². The molecule has 0 heterocycles. The normalized spacial score (nSPS) is 10.9. The molecule has 0 aliphatic rings. The van der Waals surface area contributed by atoms with Gasteiger partial charge in [0.2, 0.25) is 0 Å². The highest BCUT2D eigenvalue weighted by Crippen LogP contribution is 2.29. The van der Waals surface area contributed by atoms with Crippen LogP contribution in [0.5, 0.6) is 0 Å². The zero-order valence-electron chi connectivity index (χ0n) is 13.4. The molecular weight excluding hydrogens is 351 g/mol. The predicted molar refractivity (Wildman–Crippen MR) is 85.5 cm³/mol. The van der Waals surface area contributed by atoms with Crippen molar-refractivity contribution in [1.82, 2.24) is 5.32 Å². The van der Waals surface area contributed by atoms with Crippen molar-refractivity contribution in [2.75, 3.05) is 13.2 Å². The second-order valence-corrected chi connectivity index (χ2v) is 5.21. The highest BCUT2D eigenvalue weighted by Gasteiger charge is 2.30. The van der Waals surface area contributed by atoms with Crippen LogP contribution in [0, 0.1) is 0 Å². The van der Waals surface area contributed by atoms with Gasteiger partial charge in [0.05, 0.1) is 5.56 Å². The largest absolute Gasteiger partial charge is 0.456 e. The maximum Gasteiger partial charge on any atom is 0.416 e. The predicted octanol–water partition coefficient (Wildman–Crippen LogP) is 2.86. The highest BCUT2D eigenvalue weighted by molar-refractivity contribution is 5.99. The molecule has 2 aromatic rings. The summed E-state index contributed by atoms with van der Waals surface area (Å²) >= 11 is 0. The van der Waals surface area contributed by atoms with Crippen LogP contribution in [0.3, 0.4) is 0 Å². The molecule has 2 rings (SSSR count). The first-order valence-corrected chi connectivity index (χ1v) is 7.46. The van der Waals surface area contributed by atoms with Gasteiger partial charge in [-0.3, -0.25) is 14.4 Å². The number of benzene rings is 2. The van der Waals surface area contributed by atoms with Crippen LogP contribution in [0.1, 0.15) is 26.3 Å². The third kappa shape index (κ3) is 5.44. The number of Topliss-reactive ketones (excluding diaryl/α,β-unsaturated/α-hetero) is 1. The van der Waals surface area contributed by atoms with Gasteiger partial charge in [-0.1, -0.05) is 30.3 Å². The fraction of sp³-hybridized carbons (Fsp3) is 0.167. The zero-order valence-corrected chi connectivity index (χ0v) is 13.4. The van der Waals surface area contributed by atoms with Gasteiger partial charge >= 0.3 is 12.1 Å². The van der Waals surface area contributed by atoms with Crippen molar-refractivity contribution in [3.8, 4) is 0 Å². The van der Waals surface area contributed by atoms with Crippen molar-refractivity contribution in [3.05, 3.63) is 71.3 Å². The van der Waals surface area contributed by atoms with E-state index in [4.69, 9.17) is 0 Å². The van der Waals surface area contributed by atoms with Gasteiger partial charge < -0.3 is 10.1 Å². The number of carbonyl (C=O) groups is 3. The van der Waals surface area contributed by atoms with E-state index in [0.717, 1.165) is 12.1 Å². The molecule has 0 aliphatic heterocycles. The molecule has 5 nitrogen and oxygen atoms in total. The molecule has 0 spiro atoms. The molecule has 26 heavy (non-hydrogen) atoms. The zero-order chi connectivity index (χ0) is 19.2. The lowest BCUT2D eigenvalue weighted by molar-refractivity contribution is -0.141. The SMILES string of the molecule is O=C(CNC(=O)c1ccccc1)OCC(=O)c1cccc(C(F)(F)F)c1. The number of hydrogen-bond acceptors (Lipinski definition) is 4. The quantitative estimate of drug-likeness (QED) is 0.631. The van der Waals surface area contributed by atoms with Crippen LogP contribution in [0.4, 0.5) is 13.2 Å². The lowest BCUT2D eigenvalue weighted by Gasteiger charge is -2.09. The number of halogens is 3. The molecule has 2 aromatic carbocycles. The Balaban J connectivity index is 1.84. The average molecular weight is 365 g/mol. The number of ketones is 1. The van der Waals surface area contributed by atoms with Crippen LogP contribution in [0.25, 0.3) is 0 Å². The van der Waals surface area contributed by atoms with E-state index in [2.05, 4.69) is 10.1 Å². The minimum Gasteiger partial charge on any atom is -0.456 e. The van der Waals surface area contributed by atoms with E-state index in [0.29, 0.717) is 11.6 Å². The molecule has 0 saturated carbocycles. The van der Waals surface area contributed by atoms with E-state index >= 15 is 0 Å². The number of carbonyl (C=O) groups excluding carboxylic acids is 3. The molecule has 0 fully saturated rings. The van der Waals surface area contributed by atoms with Gasteiger partial charge in [0.25, 0.3) is 5.91 Å². The molecule has 0 atom stereocenters. The summed E-state index contributed by atoms with van der Waals surface area (Å²) in [6, 6.07) is 12.0. The Morgan fingerprint density at radius 1 is 0.923 bits per heavy atom. The van der Waals surface area contributed by atoms with E-state index in [1.54, 1.807) is 30.3 Å². The maximum absolute atomic E-state index is 12.6. The Morgan fingerprint density at radius 2 is 1.58 bits per heavy atom. The third-order valence-corrected chi connectivity index (χ3v) is 3.31. The molecule has 0 aromatic heterocycles. The van der Waals surface area contributed by atoms with Crippen molar-refractivity contribution >= 4 is 17.7 Å². The monoisotopic (exact) mass is 365 g/mol. The number of nitrogens with one attached hydrogen (secondary N) is 1. The second-order valence-electron chi connectivity index (χ2n) is 5.21. The van der Waals surface area contributed by atoms with Crippen molar-refractivity contribution in [3.63, 3.8) is 0 Å². The first-order valence-electron chi connectivity index (χ1n) is 7.46. The van der Waals surface area contributed by atoms with Crippen LogP contribution in [-0.4, -0.2) is 30.8 Å². The standard InChI is InChI=1S/C18H14F3NO4/c19-18(20,21)14-8-4-7-13(9-14)15(23)11-26-16(24)10-22-17(25)12-5-2-1-3-6-12/h1-9H,10-11H2,(H,22,25). The molecule has 0 bridgehead atoms.